The Labute approximate surface area is 92.0 Å². The Kier molecular flexibility index (Phi) is 4.22. The van der Waals surface area contributed by atoms with Crippen molar-refractivity contribution in [3.8, 4) is 0 Å². The van der Waals surface area contributed by atoms with Crippen LogP contribution in [0.5, 0.6) is 0 Å². The van der Waals surface area contributed by atoms with E-state index in [0.717, 1.165) is 0 Å². The maximum Gasteiger partial charge on any atom is 0.325 e. The molecule has 0 aliphatic carbocycles. The number of aromatic nitrogens is 1. The van der Waals surface area contributed by atoms with Crippen molar-refractivity contribution < 1.29 is 14.3 Å². The molecule has 0 aliphatic rings. The SMILES string of the molecule is COC(=O)CNC(=O)c1ccc(NN)nc1. The molecule has 4 N–H and O–H groups in total. The fraction of sp³-hybridized carbons (Fsp3) is 0.222. The Hall–Kier alpha value is -2.15. The number of nitrogens with one attached hydrogen (secondary N) is 2. The molecule has 0 spiro atoms. The van der Waals surface area contributed by atoms with Crippen LogP contribution in [0.15, 0.2) is 18.3 Å². The Balaban J connectivity index is 2.56. The number of pyridine rings is 1. The average Bonchev–Trinajstić information content (AvgIpc) is 2.35. The number of esters is 1. The van der Waals surface area contributed by atoms with Gasteiger partial charge in [-0.25, -0.2) is 10.8 Å². The molecule has 0 aliphatic heterocycles. The topological polar surface area (TPSA) is 106 Å². The van der Waals surface area contributed by atoms with Crippen molar-refractivity contribution >= 4 is 17.7 Å². The van der Waals surface area contributed by atoms with Crippen molar-refractivity contribution in [3.05, 3.63) is 23.9 Å². The maximum absolute atomic E-state index is 11.5. The van der Waals surface area contributed by atoms with Gasteiger partial charge in [0.25, 0.3) is 5.91 Å². The van der Waals surface area contributed by atoms with Crippen LogP contribution in [-0.2, 0) is 9.53 Å². The summed E-state index contributed by atoms with van der Waals surface area (Å²) in [6.45, 7) is -0.174. The highest BCUT2D eigenvalue weighted by atomic mass is 16.5. The first kappa shape index (κ1) is 11.9. The van der Waals surface area contributed by atoms with Gasteiger partial charge in [-0.15, -0.1) is 0 Å². The second kappa shape index (κ2) is 5.66. The van der Waals surface area contributed by atoms with Crippen molar-refractivity contribution in [3.63, 3.8) is 0 Å². The van der Waals surface area contributed by atoms with E-state index in [-0.39, 0.29) is 6.54 Å². The normalized spacial score (nSPS) is 9.38. The number of rotatable bonds is 4. The number of nitrogens with zero attached hydrogens (tertiary/aromatic N) is 1. The van der Waals surface area contributed by atoms with Crippen LogP contribution in [0.1, 0.15) is 10.4 Å². The first-order valence-electron chi connectivity index (χ1n) is 4.45. The summed E-state index contributed by atoms with van der Waals surface area (Å²) in [5, 5.41) is 2.38. The predicted molar refractivity (Wildman–Crippen MR) is 56.4 cm³/mol. The van der Waals surface area contributed by atoms with Crippen LogP contribution < -0.4 is 16.6 Å². The van der Waals surface area contributed by atoms with E-state index in [1.165, 1.54) is 19.4 Å². The molecule has 1 aromatic heterocycles. The van der Waals surface area contributed by atoms with Crippen molar-refractivity contribution in [2.24, 2.45) is 5.84 Å². The molecule has 0 aromatic carbocycles. The zero-order valence-corrected chi connectivity index (χ0v) is 8.69. The maximum atomic E-state index is 11.5. The second-order valence-corrected chi connectivity index (χ2v) is 2.84. The van der Waals surface area contributed by atoms with Gasteiger partial charge in [-0.3, -0.25) is 9.59 Å². The van der Waals surface area contributed by atoms with E-state index in [1.54, 1.807) is 6.07 Å². The minimum absolute atomic E-state index is 0.174. The molecule has 0 radical (unpaired) electrons. The van der Waals surface area contributed by atoms with Crippen LogP contribution in [-0.4, -0.2) is 30.5 Å². The number of hydrogen-bond acceptors (Lipinski definition) is 6. The summed E-state index contributed by atoms with van der Waals surface area (Å²) in [4.78, 5) is 26.1. The summed E-state index contributed by atoms with van der Waals surface area (Å²) in [7, 11) is 1.25. The fourth-order valence-electron chi connectivity index (χ4n) is 0.940. The van der Waals surface area contributed by atoms with Gasteiger partial charge in [-0.2, -0.15) is 0 Å². The van der Waals surface area contributed by atoms with Crippen molar-refractivity contribution in [1.29, 1.82) is 0 Å². The van der Waals surface area contributed by atoms with Gasteiger partial charge in [0.05, 0.1) is 12.7 Å². The number of nitrogen functional groups attached to an aromatic ring is 1. The Morgan fingerprint density at radius 3 is 2.75 bits per heavy atom. The molecule has 1 aromatic rings. The standard InChI is InChI=1S/C9H12N4O3/c1-16-8(14)5-12-9(15)6-2-3-7(13-10)11-4-6/h2-4H,5,10H2,1H3,(H,11,13)(H,12,15). The monoisotopic (exact) mass is 224 g/mol. The number of carbonyl (C=O) groups is 2. The number of amides is 1. The third kappa shape index (κ3) is 3.21. The van der Waals surface area contributed by atoms with Crippen LogP contribution in [0.3, 0.4) is 0 Å². The summed E-state index contributed by atoms with van der Waals surface area (Å²) in [5.41, 5.74) is 2.67. The van der Waals surface area contributed by atoms with Crippen LogP contribution in [0.25, 0.3) is 0 Å². The lowest BCUT2D eigenvalue weighted by atomic mass is 10.2. The molecular weight excluding hydrogens is 212 g/mol. The van der Waals surface area contributed by atoms with Crippen molar-refractivity contribution in [1.82, 2.24) is 10.3 Å². The minimum Gasteiger partial charge on any atom is -0.468 e. The third-order valence-electron chi connectivity index (χ3n) is 1.79. The smallest absolute Gasteiger partial charge is 0.325 e. The zero-order chi connectivity index (χ0) is 12.0. The number of carbonyl (C=O) groups excluding carboxylic acids is 2. The van der Waals surface area contributed by atoms with Crippen molar-refractivity contribution in [2.75, 3.05) is 19.1 Å². The molecule has 0 unspecified atom stereocenters. The predicted octanol–water partition coefficient (Wildman–Crippen LogP) is -0.730. The molecular formula is C9H12N4O3. The van der Waals surface area contributed by atoms with Gasteiger partial charge in [-0.1, -0.05) is 0 Å². The van der Waals surface area contributed by atoms with Gasteiger partial charge < -0.3 is 15.5 Å². The second-order valence-electron chi connectivity index (χ2n) is 2.84. The molecule has 1 amide bonds. The Bertz CT molecular complexity index is 377. The summed E-state index contributed by atoms with van der Waals surface area (Å²) in [6, 6.07) is 3.09. The lowest BCUT2D eigenvalue weighted by Crippen LogP contribution is -2.30. The summed E-state index contributed by atoms with van der Waals surface area (Å²) in [5.74, 6) is 4.65. The molecule has 0 atom stereocenters. The van der Waals surface area contributed by atoms with E-state index in [2.05, 4.69) is 20.5 Å². The fourth-order valence-corrected chi connectivity index (χ4v) is 0.940. The van der Waals surface area contributed by atoms with Gasteiger partial charge in [0.1, 0.15) is 12.4 Å². The van der Waals surface area contributed by atoms with Gasteiger partial charge in [0, 0.05) is 6.20 Å². The molecule has 1 heterocycles. The van der Waals surface area contributed by atoms with Crippen LogP contribution in [0, 0.1) is 0 Å². The van der Waals surface area contributed by atoms with E-state index in [0.29, 0.717) is 11.4 Å². The molecule has 16 heavy (non-hydrogen) atoms. The highest BCUT2D eigenvalue weighted by molar-refractivity contribution is 5.95. The van der Waals surface area contributed by atoms with Gasteiger partial charge in [0.15, 0.2) is 0 Å². The number of hydrogen-bond donors (Lipinski definition) is 3. The van der Waals surface area contributed by atoms with E-state index < -0.39 is 11.9 Å². The highest BCUT2D eigenvalue weighted by Crippen LogP contribution is 2.02. The van der Waals surface area contributed by atoms with Gasteiger partial charge in [0.2, 0.25) is 0 Å². The third-order valence-corrected chi connectivity index (χ3v) is 1.79. The lowest BCUT2D eigenvalue weighted by molar-refractivity contribution is -0.139. The van der Waals surface area contributed by atoms with E-state index in [1.807, 2.05) is 0 Å². The van der Waals surface area contributed by atoms with E-state index >= 15 is 0 Å². The summed E-state index contributed by atoms with van der Waals surface area (Å²) in [6.07, 6.45) is 1.35. The molecule has 1 rings (SSSR count). The molecule has 7 nitrogen and oxygen atoms in total. The number of anilines is 1. The molecule has 0 saturated carbocycles. The number of hydrazine groups is 1. The zero-order valence-electron chi connectivity index (χ0n) is 8.69. The number of nitrogens with two attached hydrogens (primary N) is 1. The summed E-state index contributed by atoms with van der Waals surface area (Å²) >= 11 is 0. The van der Waals surface area contributed by atoms with Crippen LogP contribution >= 0.6 is 0 Å². The van der Waals surface area contributed by atoms with E-state index in [9.17, 15) is 9.59 Å². The van der Waals surface area contributed by atoms with E-state index in [4.69, 9.17) is 5.84 Å². The largest absolute Gasteiger partial charge is 0.468 e. The molecule has 0 saturated heterocycles. The Morgan fingerprint density at radius 1 is 1.50 bits per heavy atom. The highest BCUT2D eigenvalue weighted by Gasteiger charge is 2.07. The molecule has 7 heteroatoms. The number of ether oxygens (including phenoxy) is 1. The summed E-state index contributed by atoms with van der Waals surface area (Å²) < 4.78 is 4.38. The number of methoxy groups -OCH3 is 1. The van der Waals surface area contributed by atoms with Crippen LogP contribution in [0.2, 0.25) is 0 Å². The van der Waals surface area contributed by atoms with Crippen molar-refractivity contribution in [2.45, 2.75) is 0 Å². The molecule has 0 fully saturated rings. The average molecular weight is 224 g/mol. The van der Waals surface area contributed by atoms with Crippen LogP contribution in [0.4, 0.5) is 5.82 Å². The molecule has 0 bridgehead atoms. The van der Waals surface area contributed by atoms with Gasteiger partial charge >= 0.3 is 5.97 Å². The quantitative estimate of drug-likeness (QED) is 0.353. The lowest BCUT2D eigenvalue weighted by Gasteiger charge is -2.04. The first-order valence-corrected chi connectivity index (χ1v) is 4.45. The van der Waals surface area contributed by atoms with Gasteiger partial charge in [-0.05, 0) is 12.1 Å². The molecule has 86 valence electrons. The first-order chi connectivity index (χ1) is 7.67. The Morgan fingerprint density at radius 2 is 2.25 bits per heavy atom. The minimum atomic E-state index is -0.512.